The van der Waals surface area contributed by atoms with Gasteiger partial charge in [-0.2, -0.15) is 0 Å². The largest absolute Gasteiger partial charge is 0.388 e. The smallest absolute Gasteiger partial charge is 0.167 e. The molecule has 0 spiro atoms. The summed E-state index contributed by atoms with van der Waals surface area (Å²) in [5, 5.41) is 20.3. The zero-order valence-corrected chi connectivity index (χ0v) is 14.1. The molecule has 1 fully saturated rings. The molecule has 0 aliphatic carbocycles. The minimum absolute atomic E-state index is 0.286. The van der Waals surface area contributed by atoms with Gasteiger partial charge in [0.15, 0.2) is 17.7 Å². The number of ether oxygens (including phenoxy) is 1. The Balaban J connectivity index is 1.87. The van der Waals surface area contributed by atoms with Crippen molar-refractivity contribution in [3.8, 4) is 0 Å². The van der Waals surface area contributed by atoms with E-state index in [9.17, 15) is 10.2 Å². The molecule has 0 saturated carbocycles. The fourth-order valence-corrected chi connectivity index (χ4v) is 5.55. The van der Waals surface area contributed by atoms with Crippen LogP contribution >= 0.6 is 25.2 Å². The van der Waals surface area contributed by atoms with Crippen LogP contribution in [0.5, 0.6) is 0 Å². The summed E-state index contributed by atoms with van der Waals surface area (Å²) in [5.74, 6) is -0.275. The molecule has 4 N–H and O–H groups in total. The van der Waals surface area contributed by atoms with Gasteiger partial charge >= 0.3 is 0 Å². The number of nitrogens with two attached hydrogens (primary N) is 1. The van der Waals surface area contributed by atoms with Gasteiger partial charge in [0.25, 0.3) is 0 Å². The number of rotatable bonds is 4. The highest BCUT2D eigenvalue weighted by molar-refractivity contribution is 8.39. The van der Waals surface area contributed by atoms with E-state index in [0.29, 0.717) is 33.8 Å². The molecule has 7 atom stereocenters. The third-order valence-corrected chi connectivity index (χ3v) is 7.08. The Morgan fingerprint density at radius 2 is 2.29 bits per heavy atom. The monoisotopic (exact) mass is 347 g/mol. The maximum absolute atomic E-state index is 10.2. The van der Waals surface area contributed by atoms with Crippen LogP contribution < -0.4 is 5.73 Å². The zero-order valence-electron chi connectivity index (χ0n) is 10.9. The predicted molar refractivity (Wildman–Crippen MR) is 86.6 cm³/mol. The number of aromatic nitrogens is 4. The molecule has 1 aliphatic heterocycles. The summed E-state index contributed by atoms with van der Waals surface area (Å²) in [6.07, 6.45) is 1.53. The van der Waals surface area contributed by atoms with Crippen LogP contribution in [0.15, 0.2) is 12.7 Å². The Kier molecular flexibility index (Phi) is 4.65. The van der Waals surface area contributed by atoms with E-state index < -0.39 is 18.2 Å². The van der Waals surface area contributed by atoms with E-state index in [0.717, 1.165) is 0 Å². The molecule has 0 radical (unpaired) electrons. The Hall–Kier alpha value is -0.480. The first-order chi connectivity index (χ1) is 10.1. The number of hydrogen-bond acceptors (Lipinski definition) is 7. The summed E-state index contributed by atoms with van der Waals surface area (Å²) in [7, 11) is 3.57. The lowest BCUT2D eigenvalue weighted by atomic mass is 10.2. The molecular formula is C10H16N5O3P3. The van der Waals surface area contributed by atoms with E-state index in [2.05, 4.69) is 23.9 Å². The molecule has 0 aromatic carbocycles. The molecule has 11 heteroatoms. The molecular weight excluding hydrogens is 331 g/mol. The quantitative estimate of drug-likeness (QED) is 0.687. The highest BCUT2D eigenvalue weighted by Gasteiger charge is 2.39. The molecule has 0 bridgehead atoms. The molecule has 114 valence electrons. The Bertz CT molecular complexity index is 641. The fraction of sp³-hybridized carbons (Fsp3) is 0.500. The Morgan fingerprint density at radius 1 is 1.48 bits per heavy atom. The lowest BCUT2D eigenvalue weighted by Crippen LogP contribution is -2.21. The minimum Gasteiger partial charge on any atom is -0.388 e. The maximum atomic E-state index is 10.2. The van der Waals surface area contributed by atoms with Gasteiger partial charge in [-0.25, -0.2) is 15.0 Å². The molecule has 4 unspecified atom stereocenters. The molecule has 3 heterocycles. The van der Waals surface area contributed by atoms with Crippen LogP contribution in [0.1, 0.15) is 12.6 Å². The zero-order chi connectivity index (χ0) is 15.0. The lowest BCUT2D eigenvalue weighted by molar-refractivity contribution is -0.0555. The van der Waals surface area contributed by atoms with E-state index in [-0.39, 0.29) is 11.9 Å². The maximum Gasteiger partial charge on any atom is 0.167 e. The SMILES string of the molecule is Nc1ncnc2c1ncn2[C@@H]1O[C@H](C(O)PPP)C[C@H]1O. The molecule has 8 nitrogen and oxygen atoms in total. The summed E-state index contributed by atoms with van der Waals surface area (Å²) in [4.78, 5) is 12.2. The fourth-order valence-electron chi connectivity index (χ4n) is 2.37. The molecule has 21 heavy (non-hydrogen) atoms. The van der Waals surface area contributed by atoms with Crippen LogP contribution in [0.3, 0.4) is 0 Å². The topological polar surface area (TPSA) is 119 Å². The van der Waals surface area contributed by atoms with Crippen LogP contribution in [-0.2, 0) is 4.74 Å². The van der Waals surface area contributed by atoms with Gasteiger partial charge in [0.1, 0.15) is 23.8 Å². The van der Waals surface area contributed by atoms with Gasteiger partial charge in [-0.1, -0.05) is 16.2 Å². The van der Waals surface area contributed by atoms with Gasteiger partial charge in [-0.15, -0.1) is 8.93 Å². The predicted octanol–water partition coefficient (Wildman–Crippen LogP) is 0.437. The number of fused-ring (bicyclic) bond motifs is 1. The second kappa shape index (κ2) is 6.33. The summed E-state index contributed by atoms with van der Waals surface area (Å²) < 4.78 is 7.44. The summed E-state index contributed by atoms with van der Waals surface area (Å²) in [6, 6.07) is 0. The average Bonchev–Trinajstić information content (AvgIpc) is 3.03. The first-order valence-electron chi connectivity index (χ1n) is 6.27. The third-order valence-electron chi connectivity index (χ3n) is 3.36. The normalized spacial score (nSPS) is 28.4. The minimum atomic E-state index is -0.726. The van der Waals surface area contributed by atoms with Gasteiger partial charge in [0.05, 0.1) is 12.4 Å². The number of hydrogen-bond donors (Lipinski definition) is 3. The van der Waals surface area contributed by atoms with E-state index in [1.54, 1.807) is 4.57 Å². The molecule has 0 amide bonds. The summed E-state index contributed by atoms with van der Waals surface area (Å²) in [6.45, 7) is 0. The number of nitrogens with zero attached hydrogens (tertiary/aromatic N) is 4. The average molecular weight is 347 g/mol. The molecule has 2 aromatic rings. The van der Waals surface area contributed by atoms with Crippen molar-refractivity contribution in [3.05, 3.63) is 12.7 Å². The number of imidazole rings is 1. The molecule has 2 aromatic heterocycles. The van der Waals surface area contributed by atoms with Crippen molar-refractivity contribution in [3.63, 3.8) is 0 Å². The van der Waals surface area contributed by atoms with Crippen molar-refractivity contribution < 1.29 is 14.9 Å². The number of aliphatic hydroxyl groups is 2. The van der Waals surface area contributed by atoms with Gasteiger partial charge in [0.2, 0.25) is 0 Å². The highest BCUT2D eigenvalue weighted by Crippen LogP contribution is 2.49. The first kappa shape index (κ1) is 15.4. The van der Waals surface area contributed by atoms with Crippen LogP contribution in [0.4, 0.5) is 5.82 Å². The number of nitrogen functional groups attached to an aromatic ring is 1. The first-order valence-corrected chi connectivity index (χ1v) is 11.2. The van der Waals surface area contributed by atoms with Crippen LogP contribution in [0.25, 0.3) is 11.2 Å². The van der Waals surface area contributed by atoms with E-state index in [1.165, 1.54) is 12.7 Å². The summed E-state index contributed by atoms with van der Waals surface area (Å²) in [5.41, 5.74) is 6.74. The van der Waals surface area contributed by atoms with Gasteiger partial charge in [0, 0.05) is 6.42 Å². The molecule has 3 rings (SSSR count). The number of anilines is 1. The van der Waals surface area contributed by atoms with E-state index in [4.69, 9.17) is 10.5 Å². The lowest BCUT2D eigenvalue weighted by Gasteiger charge is -2.19. The van der Waals surface area contributed by atoms with E-state index in [1.807, 2.05) is 0 Å². The van der Waals surface area contributed by atoms with Crippen molar-refractivity contribution in [2.45, 2.75) is 30.7 Å². The standard InChI is InChI=1S/C10H16N5O3P3/c11-7-6-8(13-2-12-7)15(3-14-6)9-4(16)1-5(18-9)10(17)20-21-19/h2-5,9-10,16-17,20-21H,1,19H2,(H2,11,12,13)/t4-,5+,9-,10?/m1/s1. The number of aliphatic hydroxyl groups excluding tert-OH is 2. The van der Waals surface area contributed by atoms with Gasteiger partial charge < -0.3 is 20.7 Å². The van der Waals surface area contributed by atoms with Crippen molar-refractivity contribution >= 4 is 42.1 Å². The third kappa shape index (κ3) is 2.89. The Labute approximate surface area is 126 Å². The van der Waals surface area contributed by atoms with Gasteiger partial charge in [-0.05, 0) is 0 Å². The molecule has 1 saturated heterocycles. The second-order valence-corrected chi connectivity index (χ2v) is 10.2. The molecule has 1 aliphatic rings. The van der Waals surface area contributed by atoms with Gasteiger partial charge in [-0.3, -0.25) is 4.57 Å². The second-order valence-electron chi connectivity index (χ2n) is 4.68. The summed E-state index contributed by atoms with van der Waals surface area (Å²) >= 11 is 0. The van der Waals surface area contributed by atoms with Crippen molar-refractivity contribution in [2.24, 2.45) is 0 Å². The Morgan fingerprint density at radius 3 is 3.05 bits per heavy atom. The van der Waals surface area contributed by atoms with Crippen molar-refractivity contribution in [1.29, 1.82) is 0 Å². The van der Waals surface area contributed by atoms with Crippen molar-refractivity contribution in [2.75, 3.05) is 5.73 Å². The van der Waals surface area contributed by atoms with Crippen LogP contribution in [0, 0.1) is 0 Å². The van der Waals surface area contributed by atoms with Crippen LogP contribution in [-0.4, -0.2) is 47.8 Å². The highest BCUT2D eigenvalue weighted by atomic mass is 32.4. The van der Waals surface area contributed by atoms with Crippen LogP contribution in [0.2, 0.25) is 0 Å². The van der Waals surface area contributed by atoms with Crippen molar-refractivity contribution in [1.82, 2.24) is 19.5 Å². The van der Waals surface area contributed by atoms with E-state index >= 15 is 0 Å².